The highest BCUT2D eigenvalue weighted by Gasteiger charge is 2.26. The van der Waals surface area contributed by atoms with Crippen LogP contribution in [0.25, 0.3) is 0 Å². The van der Waals surface area contributed by atoms with E-state index in [9.17, 15) is 4.79 Å². The number of nitrogens with zero attached hydrogens (tertiary/aromatic N) is 1. The Hall–Kier alpha value is -1.88. The molecule has 3 rings (SSSR count). The van der Waals surface area contributed by atoms with Gasteiger partial charge in [-0.3, -0.25) is 10.1 Å². The molecule has 1 aliphatic carbocycles. The quantitative estimate of drug-likeness (QED) is 0.917. The van der Waals surface area contributed by atoms with Crippen molar-refractivity contribution < 1.29 is 9.53 Å². The van der Waals surface area contributed by atoms with Crippen LogP contribution < -0.4 is 10.1 Å². The van der Waals surface area contributed by atoms with Gasteiger partial charge in [-0.25, -0.2) is 4.98 Å². The zero-order valence-electron chi connectivity index (χ0n) is 12.2. The molecule has 0 bridgehead atoms. The Morgan fingerprint density at radius 2 is 2.10 bits per heavy atom. The van der Waals surface area contributed by atoms with Gasteiger partial charge in [-0.2, -0.15) is 0 Å². The highest BCUT2D eigenvalue weighted by Crippen LogP contribution is 2.40. The minimum absolute atomic E-state index is 0.00400. The van der Waals surface area contributed by atoms with Crippen molar-refractivity contribution in [1.29, 1.82) is 0 Å². The highest BCUT2D eigenvalue weighted by atomic mass is 32.1. The molecule has 1 fully saturated rings. The number of hydrogen-bond donors (Lipinski definition) is 1. The third kappa shape index (κ3) is 3.42. The Morgan fingerprint density at radius 3 is 2.76 bits per heavy atom. The van der Waals surface area contributed by atoms with E-state index in [0.717, 1.165) is 22.6 Å². The van der Waals surface area contributed by atoms with Crippen LogP contribution in [0.3, 0.4) is 0 Å². The molecule has 1 N–H and O–H groups in total. The zero-order valence-corrected chi connectivity index (χ0v) is 13.0. The van der Waals surface area contributed by atoms with Gasteiger partial charge in [0.2, 0.25) is 0 Å². The number of carbonyl (C=O) groups is 1. The molecule has 0 saturated heterocycles. The lowest BCUT2D eigenvalue weighted by Crippen LogP contribution is -2.20. The van der Waals surface area contributed by atoms with E-state index >= 15 is 0 Å². The molecule has 0 unspecified atom stereocenters. The van der Waals surface area contributed by atoms with Crippen molar-refractivity contribution in [2.75, 3.05) is 11.9 Å². The number of nitrogens with one attached hydrogen (secondary N) is 1. The van der Waals surface area contributed by atoms with Crippen LogP contribution >= 0.6 is 11.3 Å². The normalized spacial score (nSPS) is 14.0. The summed E-state index contributed by atoms with van der Waals surface area (Å²) in [7, 11) is 0. The molecule has 4 nitrogen and oxygen atoms in total. The number of para-hydroxylation sites is 1. The molecule has 1 saturated carbocycles. The van der Waals surface area contributed by atoms with Gasteiger partial charge in [0.15, 0.2) is 11.7 Å². The number of ether oxygens (including phenoxy) is 1. The minimum atomic E-state index is -0.172. The first kappa shape index (κ1) is 14.1. The number of aromatic nitrogens is 1. The van der Waals surface area contributed by atoms with Gasteiger partial charge in [0.25, 0.3) is 5.91 Å². The summed E-state index contributed by atoms with van der Waals surface area (Å²) in [6.45, 7) is 3.95. The molecule has 21 heavy (non-hydrogen) atoms. The first-order valence-corrected chi connectivity index (χ1v) is 7.96. The van der Waals surface area contributed by atoms with E-state index in [0.29, 0.717) is 11.0 Å². The van der Waals surface area contributed by atoms with Crippen LogP contribution in [0.4, 0.5) is 5.13 Å². The molecule has 1 amide bonds. The SMILES string of the molecule is Cc1cccc(C)c1OCC(=O)Nc1nc(C2CC2)cs1. The van der Waals surface area contributed by atoms with E-state index in [-0.39, 0.29) is 12.5 Å². The number of amides is 1. The number of hydrogen-bond acceptors (Lipinski definition) is 4. The average Bonchev–Trinajstić information content (AvgIpc) is 3.19. The summed E-state index contributed by atoms with van der Waals surface area (Å²) < 4.78 is 5.63. The van der Waals surface area contributed by atoms with Gasteiger partial charge in [0.1, 0.15) is 5.75 Å². The Labute approximate surface area is 128 Å². The monoisotopic (exact) mass is 302 g/mol. The lowest BCUT2D eigenvalue weighted by molar-refractivity contribution is -0.118. The van der Waals surface area contributed by atoms with Crippen molar-refractivity contribution in [2.24, 2.45) is 0 Å². The largest absolute Gasteiger partial charge is 0.483 e. The van der Waals surface area contributed by atoms with Crippen molar-refractivity contribution >= 4 is 22.4 Å². The van der Waals surface area contributed by atoms with Crippen LogP contribution in [0.15, 0.2) is 23.6 Å². The van der Waals surface area contributed by atoms with Crippen molar-refractivity contribution in [2.45, 2.75) is 32.6 Å². The smallest absolute Gasteiger partial charge is 0.264 e. The predicted molar refractivity (Wildman–Crippen MR) is 84.1 cm³/mol. The summed E-state index contributed by atoms with van der Waals surface area (Å²) in [5.74, 6) is 1.22. The number of aryl methyl sites for hydroxylation is 2. The average molecular weight is 302 g/mol. The maximum atomic E-state index is 11.9. The fraction of sp³-hybridized carbons (Fsp3) is 0.375. The zero-order chi connectivity index (χ0) is 14.8. The standard InChI is InChI=1S/C16H18N2O2S/c1-10-4-3-5-11(2)15(10)20-8-14(19)18-16-17-13(9-21-16)12-6-7-12/h3-5,9,12H,6-8H2,1-2H3,(H,17,18,19). The van der Waals surface area contributed by atoms with Crippen LogP contribution in [-0.2, 0) is 4.79 Å². The molecule has 0 radical (unpaired) electrons. The van der Waals surface area contributed by atoms with E-state index in [2.05, 4.69) is 10.3 Å². The van der Waals surface area contributed by atoms with Gasteiger partial charge >= 0.3 is 0 Å². The summed E-state index contributed by atoms with van der Waals surface area (Å²) in [6.07, 6.45) is 2.43. The number of anilines is 1. The Bertz CT molecular complexity index is 642. The molecule has 110 valence electrons. The number of carbonyl (C=O) groups excluding carboxylic acids is 1. The summed E-state index contributed by atoms with van der Waals surface area (Å²) in [6, 6.07) is 5.93. The molecular formula is C16H18N2O2S. The van der Waals surface area contributed by atoms with E-state index < -0.39 is 0 Å². The molecular weight excluding hydrogens is 284 g/mol. The van der Waals surface area contributed by atoms with Crippen molar-refractivity contribution in [1.82, 2.24) is 4.98 Å². The maximum Gasteiger partial charge on any atom is 0.264 e. The van der Waals surface area contributed by atoms with Gasteiger partial charge in [0, 0.05) is 11.3 Å². The summed E-state index contributed by atoms with van der Waals surface area (Å²) in [5.41, 5.74) is 3.17. The minimum Gasteiger partial charge on any atom is -0.483 e. The van der Waals surface area contributed by atoms with Crippen LogP contribution in [-0.4, -0.2) is 17.5 Å². The van der Waals surface area contributed by atoms with E-state index in [4.69, 9.17) is 4.74 Å². The van der Waals surface area contributed by atoms with Gasteiger partial charge in [0.05, 0.1) is 5.69 Å². The maximum absolute atomic E-state index is 11.9. The van der Waals surface area contributed by atoms with Crippen LogP contribution in [0.2, 0.25) is 0 Å². The van der Waals surface area contributed by atoms with Crippen molar-refractivity contribution in [3.8, 4) is 5.75 Å². The van der Waals surface area contributed by atoms with E-state index in [1.807, 2.05) is 37.4 Å². The molecule has 1 aromatic heterocycles. The second kappa shape index (κ2) is 5.85. The molecule has 1 heterocycles. The molecule has 0 spiro atoms. The summed E-state index contributed by atoms with van der Waals surface area (Å²) in [4.78, 5) is 16.4. The number of thiazole rings is 1. The molecule has 0 atom stereocenters. The Balaban J connectivity index is 1.56. The van der Waals surface area contributed by atoms with Crippen molar-refractivity contribution in [3.63, 3.8) is 0 Å². The number of rotatable bonds is 5. The summed E-state index contributed by atoms with van der Waals surface area (Å²) >= 11 is 1.48. The fourth-order valence-corrected chi connectivity index (χ4v) is 3.04. The summed E-state index contributed by atoms with van der Waals surface area (Å²) in [5, 5.41) is 5.48. The van der Waals surface area contributed by atoms with Gasteiger partial charge in [-0.1, -0.05) is 18.2 Å². The topological polar surface area (TPSA) is 51.2 Å². The number of benzene rings is 1. The van der Waals surface area contributed by atoms with Gasteiger partial charge in [-0.15, -0.1) is 11.3 Å². The van der Waals surface area contributed by atoms with Gasteiger partial charge < -0.3 is 4.74 Å². The lowest BCUT2D eigenvalue weighted by Gasteiger charge is -2.11. The Kier molecular flexibility index (Phi) is 3.92. The fourth-order valence-electron chi connectivity index (χ4n) is 2.23. The second-order valence-electron chi connectivity index (χ2n) is 5.41. The Morgan fingerprint density at radius 1 is 1.38 bits per heavy atom. The van der Waals surface area contributed by atoms with Crippen LogP contribution in [0, 0.1) is 13.8 Å². The third-order valence-corrected chi connectivity index (χ3v) is 4.30. The molecule has 5 heteroatoms. The molecule has 0 aliphatic heterocycles. The molecule has 1 aromatic carbocycles. The molecule has 2 aromatic rings. The second-order valence-corrected chi connectivity index (χ2v) is 6.27. The van der Waals surface area contributed by atoms with E-state index in [1.54, 1.807) is 0 Å². The van der Waals surface area contributed by atoms with Gasteiger partial charge in [-0.05, 0) is 37.8 Å². The van der Waals surface area contributed by atoms with Crippen LogP contribution in [0.5, 0.6) is 5.75 Å². The lowest BCUT2D eigenvalue weighted by atomic mass is 10.1. The van der Waals surface area contributed by atoms with Crippen LogP contribution in [0.1, 0.15) is 35.6 Å². The van der Waals surface area contributed by atoms with E-state index in [1.165, 1.54) is 24.2 Å². The predicted octanol–water partition coefficient (Wildman–Crippen LogP) is 3.65. The highest BCUT2D eigenvalue weighted by molar-refractivity contribution is 7.13. The molecule has 1 aliphatic rings. The first-order valence-electron chi connectivity index (χ1n) is 7.08. The van der Waals surface area contributed by atoms with Crippen molar-refractivity contribution in [3.05, 3.63) is 40.4 Å². The first-order chi connectivity index (χ1) is 10.1. The third-order valence-electron chi connectivity index (χ3n) is 3.52.